The minimum atomic E-state index is -1.33. The molecular formula is C23H28N2O8. The number of nitrogens with one attached hydrogen (secondary N) is 2. The number of carbonyl (C=O) groups is 4. The first-order valence-corrected chi connectivity index (χ1v) is 9.74. The standard InChI is InChI=1S/C22H24N2O8.CH4/c25-16-8-6-14(7-9-16)12-18(21(29)30)23-20(28)17(10-11-19(26)27)24-22(31)32-13-15-4-2-1-3-5-15;/h1-9,17-18,25H,10-13H2,(H,23,28)(H,24,31)(H,26,27)(H,29,30);1H4/t17-,18+;/m1./s1. The summed E-state index contributed by atoms with van der Waals surface area (Å²) in [4.78, 5) is 47.3. The van der Waals surface area contributed by atoms with E-state index in [1.165, 1.54) is 24.3 Å². The molecule has 2 aromatic carbocycles. The molecule has 2 atom stereocenters. The first kappa shape index (κ1) is 27.0. The largest absolute Gasteiger partial charge is 0.508 e. The Balaban J connectivity index is 0.00000544. The van der Waals surface area contributed by atoms with E-state index in [9.17, 15) is 29.4 Å². The molecule has 0 aliphatic rings. The second-order valence-corrected chi connectivity index (χ2v) is 6.96. The van der Waals surface area contributed by atoms with Crippen molar-refractivity contribution in [2.45, 2.75) is 45.4 Å². The zero-order valence-corrected chi connectivity index (χ0v) is 17.1. The number of carboxylic acid groups (broad SMARTS) is 2. The molecule has 0 aromatic heterocycles. The fraction of sp³-hybridized carbons (Fsp3) is 0.304. The van der Waals surface area contributed by atoms with E-state index in [-0.39, 0.29) is 32.6 Å². The number of aliphatic carboxylic acids is 2. The van der Waals surface area contributed by atoms with Gasteiger partial charge in [0.15, 0.2) is 0 Å². The Bertz CT molecular complexity index is 931. The Hall–Kier alpha value is -4.08. The van der Waals surface area contributed by atoms with Crippen LogP contribution in [0.15, 0.2) is 54.6 Å². The van der Waals surface area contributed by atoms with Crippen LogP contribution in [0.1, 0.15) is 31.4 Å². The first-order valence-electron chi connectivity index (χ1n) is 9.74. The maximum absolute atomic E-state index is 12.6. The molecule has 0 saturated carbocycles. The maximum atomic E-state index is 12.6. The lowest BCUT2D eigenvalue weighted by molar-refractivity contribution is -0.142. The van der Waals surface area contributed by atoms with Gasteiger partial charge in [0, 0.05) is 12.8 Å². The third-order valence-corrected chi connectivity index (χ3v) is 4.46. The van der Waals surface area contributed by atoms with Crippen molar-refractivity contribution in [2.24, 2.45) is 0 Å². The summed E-state index contributed by atoms with van der Waals surface area (Å²) in [7, 11) is 0. The summed E-state index contributed by atoms with van der Waals surface area (Å²) in [6.07, 6.45) is -1.70. The molecule has 0 aliphatic heterocycles. The van der Waals surface area contributed by atoms with Crippen LogP contribution in [0, 0.1) is 0 Å². The SMILES string of the molecule is C.O=C(O)CC[C@@H](NC(=O)OCc1ccccc1)C(=O)N[C@@H](Cc1ccc(O)cc1)C(=O)O. The quantitative estimate of drug-likeness (QED) is 0.341. The van der Waals surface area contributed by atoms with E-state index in [2.05, 4.69) is 10.6 Å². The highest BCUT2D eigenvalue weighted by Crippen LogP contribution is 2.12. The highest BCUT2D eigenvalue weighted by Gasteiger charge is 2.27. The highest BCUT2D eigenvalue weighted by molar-refractivity contribution is 5.89. The van der Waals surface area contributed by atoms with E-state index in [0.717, 1.165) is 0 Å². The van der Waals surface area contributed by atoms with Crippen LogP contribution in [0.25, 0.3) is 0 Å². The van der Waals surface area contributed by atoms with Crippen LogP contribution in [-0.4, -0.2) is 51.3 Å². The molecule has 2 aromatic rings. The van der Waals surface area contributed by atoms with Crippen molar-refractivity contribution in [2.75, 3.05) is 0 Å². The van der Waals surface area contributed by atoms with E-state index in [4.69, 9.17) is 9.84 Å². The molecule has 2 rings (SSSR count). The predicted octanol–water partition coefficient (Wildman–Crippen LogP) is 2.30. The van der Waals surface area contributed by atoms with E-state index in [1.54, 1.807) is 30.3 Å². The first-order chi connectivity index (χ1) is 15.2. The molecule has 0 fully saturated rings. The monoisotopic (exact) mass is 460 g/mol. The average molecular weight is 460 g/mol. The summed E-state index contributed by atoms with van der Waals surface area (Å²) >= 11 is 0. The number of carboxylic acids is 2. The van der Waals surface area contributed by atoms with Crippen molar-refractivity contribution >= 4 is 23.9 Å². The molecule has 10 nitrogen and oxygen atoms in total. The van der Waals surface area contributed by atoms with Crippen molar-refractivity contribution < 1.29 is 39.2 Å². The highest BCUT2D eigenvalue weighted by atomic mass is 16.5. The van der Waals surface area contributed by atoms with Gasteiger partial charge in [-0.15, -0.1) is 0 Å². The van der Waals surface area contributed by atoms with E-state index >= 15 is 0 Å². The van der Waals surface area contributed by atoms with Crippen LogP contribution in [0.4, 0.5) is 4.79 Å². The number of benzene rings is 2. The number of amides is 2. The van der Waals surface area contributed by atoms with Crippen LogP contribution < -0.4 is 10.6 Å². The number of rotatable bonds is 11. The Morgan fingerprint density at radius 2 is 1.48 bits per heavy atom. The Morgan fingerprint density at radius 3 is 2.06 bits per heavy atom. The van der Waals surface area contributed by atoms with E-state index in [1.807, 2.05) is 0 Å². The number of phenolic OH excluding ortho intramolecular Hbond substituents is 1. The van der Waals surface area contributed by atoms with Gasteiger partial charge in [0.25, 0.3) is 0 Å². The Labute approximate surface area is 191 Å². The predicted molar refractivity (Wildman–Crippen MR) is 119 cm³/mol. The lowest BCUT2D eigenvalue weighted by atomic mass is 10.0. The van der Waals surface area contributed by atoms with Gasteiger partial charge in [0.2, 0.25) is 5.91 Å². The van der Waals surface area contributed by atoms with Gasteiger partial charge in [-0.25, -0.2) is 9.59 Å². The second-order valence-electron chi connectivity index (χ2n) is 6.96. The number of alkyl carbamates (subject to hydrolysis) is 1. The van der Waals surface area contributed by atoms with Crippen molar-refractivity contribution in [3.05, 3.63) is 65.7 Å². The fourth-order valence-electron chi connectivity index (χ4n) is 2.78. The Morgan fingerprint density at radius 1 is 0.848 bits per heavy atom. The summed E-state index contributed by atoms with van der Waals surface area (Å²) < 4.78 is 5.06. The maximum Gasteiger partial charge on any atom is 0.408 e. The molecule has 178 valence electrons. The number of hydrogen-bond acceptors (Lipinski definition) is 6. The fourth-order valence-corrected chi connectivity index (χ4v) is 2.78. The third-order valence-electron chi connectivity index (χ3n) is 4.46. The number of phenols is 1. The van der Waals surface area contributed by atoms with Gasteiger partial charge < -0.3 is 30.7 Å². The van der Waals surface area contributed by atoms with Gasteiger partial charge in [0.1, 0.15) is 24.4 Å². The van der Waals surface area contributed by atoms with Gasteiger partial charge in [-0.05, 0) is 29.7 Å². The summed E-state index contributed by atoms with van der Waals surface area (Å²) in [5.74, 6) is -3.33. The molecule has 0 aliphatic carbocycles. The number of carbonyl (C=O) groups excluding carboxylic acids is 2. The molecule has 33 heavy (non-hydrogen) atoms. The molecule has 0 saturated heterocycles. The van der Waals surface area contributed by atoms with Gasteiger partial charge in [-0.2, -0.15) is 0 Å². The molecule has 2 amide bonds. The van der Waals surface area contributed by atoms with Crippen LogP contribution in [0.2, 0.25) is 0 Å². The van der Waals surface area contributed by atoms with Crippen LogP contribution in [0.3, 0.4) is 0 Å². The molecule has 5 N–H and O–H groups in total. The van der Waals surface area contributed by atoms with Crippen LogP contribution >= 0.6 is 0 Å². The van der Waals surface area contributed by atoms with Crippen molar-refractivity contribution in [3.8, 4) is 5.75 Å². The number of hydrogen-bond donors (Lipinski definition) is 5. The van der Waals surface area contributed by atoms with Crippen molar-refractivity contribution in [3.63, 3.8) is 0 Å². The minimum Gasteiger partial charge on any atom is -0.508 e. The van der Waals surface area contributed by atoms with Crippen molar-refractivity contribution in [1.29, 1.82) is 0 Å². The molecule has 10 heteroatoms. The summed E-state index contributed by atoms with van der Waals surface area (Å²) in [6.45, 7) is -0.0570. The molecular weight excluding hydrogens is 432 g/mol. The summed E-state index contributed by atoms with van der Waals surface area (Å²) in [5, 5.41) is 32.3. The minimum absolute atomic E-state index is 0. The van der Waals surface area contributed by atoms with Gasteiger partial charge in [0.05, 0.1) is 0 Å². The summed E-state index contributed by atoms with van der Waals surface area (Å²) in [5.41, 5.74) is 1.27. The number of aromatic hydroxyl groups is 1. The van der Waals surface area contributed by atoms with Crippen LogP contribution in [0.5, 0.6) is 5.75 Å². The molecule has 0 bridgehead atoms. The second kappa shape index (κ2) is 13.4. The molecule has 0 unspecified atom stereocenters. The third kappa shape index (κ3) is 9.72. The van der Waals surface area contributed by atoms with Crippen LogP contribution in [-0.2, 0) is 32.1 Å². The smallest absolute Gasteiger partial charge is 0.408 e. The zero-order chi connectivity index (χ0) is 23.5. The van der Waals surface area contributed by atoms with Gasteiger partial charge in [-0.3, -0.25) is 9.59 Å². The van der Waals surface area contributed by atoms with Gasteiger partial charge >= 0.3 is 18.0 Å². The van der Waals surface area contributed by atoms with E-state index < -0.39 is 42.4 Å². The average Bonchev–Trinajstić information content (AvgIpc) is 2.76. The topological polar surface area (TPSA) is 162 Å². The summed E-state index contributed by atoms with van der Waals surface area (Å²) in [6, 6.07) is 12.0. The van der Waals surface area contributed by atoms with Gasteiger partial charge in [-0.1, -0.05) is 49.9 Å². The molecule has 0 spiro atoms. The molecule has 0 radical (unpaired) electrons. The lowest BCUT2D eigenvalue weighted by Gasteiger charge is -2.21. The molecule has 0 heterocycles. The van der Waals surface area contributed by atoms with Crippen molar-refractivity contribution in [1.82, 2.24) is 10.6 Å². The van der Waals surface area contributed by atoms with E-state index in [0.29, 0.717) is 11.1 Å². The zero-order valence-electron chi connectivity index (χ0n) is 17.1. The Kier molecular flexibility index (Phi) is 10.9. The lowest BCUT2D eigenvalue weighted by Crippen LogP contribution is -2.52. The number of ether oxygens (including phenoxy) is 1. The normalized spacial score (nSPS) is 11.9.